The highest BCUT2D eigenvalue weighted by Crippen LogP contribution is 2.30. The summed E-state index contributed by atoms with van der Waals surface area (Å²) in [5.41, 5.74) is 0.799. The maximum Gasteiger partial charge on any atom is 0.387 e. The van der Waals surface area contributed by atoms with Crippen molar-refractivity contribution in [1.82, 2.24) is 0 Å². The summed E-state index contributed by atoms with van der Waals surface area (Å²) >= 11 is 0. The average molecular weight is 375 g/mol. The van der Waals surface area contributed by atoms with E-state index < -0.39 is 12.6 Å². The molecule has 2 aromatic rings. The molecule has 0 radical (unpaired) electrons. The van der Waals surface area contributed by atoms with Crippen molar-refractivity contribution in [2.24, 2.45) is 4.99 Å². The molecule has 8 heteroatoms. The van der Waals surface area contributed by atoms with Crippen LogP contribution in [0.15, 0.2) is 53.2 Å². The first-order valence-electron chi connectivity index (χ1n) is 7.80. The average Bonchev–Trinajstić information content (AvgIpc) is 3.01. The van der Waals surface area contributed by atoms with Crippen LogP contribution in [0.3, 0.4) is 0 Å². The van der Waals surface area contributed by atoms with Gasteiger partial charge in [-0.2, -0.15) is 8.78 Å². The fourth-order valence-electron chi connectivity index (χ4n) is 2.47. The number of rotatable bonds is 6. The normalized spacial score (nSPS) is 14.9. The summed E-state index contributed by atoms with van der Waals surface area (Å²) in [5.74, 6) is 0.0787. The second-order valence-corrected chi connectivity index (χ2v) is 5.33. The fraction of sp³-hybridized carbons (Fsp3) is 0.158. The van der Waals surface area contributed by atoms with Crippen molar-refractivity contribution >= 4 is 17.9 Å². The van der Waals surface area contributed by atoms with E-state index >= 15 is 0 Å². The van der Waals surface area contributed by atoms with Crippen LogP contribution in [0.25, 0.3) is 6.08 Å². The molecule has 0 amide bonds. The zero-order chi connectivity index (χ0) is 19.4. The lowest BCUT2D eigenvalue weighted by Gasteiger charge is -2.08. The Hall–Kier alpha value is -3.42. The maximum absolute atomic E-state index is 12.6. The first-order chi connectivity index (χ1) is 13.0. The molecule has 0 aliphatic carbocycles. The zero-order valence-electron chi connectivity index (χ0n) is 14.4. The monoisotopic (exact) mass is 375 g/mol. The number of hydrogen-bond donors (Lipinski definition) is 0. The third kappa shape index (κ3) is 4.05. The maximum atomic E-state index is 12.6. The number of cyclic esters (lactones) is 1. The predicted octanol–water partition coefficient (Wildman–Crippen LogP) is 3.65. The van der Waals surface area contributed by atoms with Gasteiger partial charge in [0.25, 0.3) is 0 Å². The topological polar surface area (TPSA) is 66.3 Å². The van der Waals surface area contributed by atoms with E-state index in [1.807, 2.05) is 0 Å². The number of carbonyl (C=O) groups is 1. The third-order valence-corrected chi connectivity index (χ3v) is 3.67. The van der Waals surface area contributed by atoms with Gasteiger partial charge >= 0.3 is 12.6 Å². The third-order valence-electron chi connectivity index (χ3n) is 3.67. The number of hydrogen-bond acceptors (Lipinski definition) is 6. The first-order valence-corrected chi connectivity index (χ1v) is 7.80. The Morgan fingerprint density at radius 3 is 2.48 bits per heavy atom. The van der Waals surface area contributed by atoms with Crippen molar-refractivity contribution < 1.29 is 32.5 Å². The largest absolute Gasteiger partial charge is 0.493 e. The number of carbonyl (C=O) groups excluding carboxylic acids is 1. The number of nitrogens with zero attached hydrogens (tertiary/aromatic N) is 1. The summed E-state index contributed by atoms with van der Waals surface area (Å²) in [7, 11) is 3.01. The van der Waals surface area contributed by atoms with Crippen LogP contribution >= 0.6 is 0 Å². The van der Waals surface area contributed by atoms with Gasteiger partial charge in [0.15, 0.2) is 17.2 Å². The van der Waals surface area contributed by atoms with E-state index in [1.54, 1.807) is 24.3 Å². The number of aliphatic imine (C=N–C) groups is 1. The summed E-state index contributed by atoms with van der Waals surface area (Å²) in [6.07, 6.45) is 1.49. The van der Waals surface area contributed by atoms with Crippen LogP contribution in [0.5, 0.6) is 17.2 Å². The lowest BCUT2D eigenvalue weighted by atomic mass is 10.1. The van der Waals surface area contributed by atoms with Gasteiger partial charge in [0, 0.05) is 0 Å². The minimum Gasteiger partial charge on any atom is -0.493 e. The summed E-state index contributed by atoms with van der Waals surface area (Å²) in [4.78, 5) is 16.2. The van der Waals surface area contributed by atoms with Crippen LogP contribution < -0.4 is 14.2 Å². The molecule has 0 unspecified atom stereocenters. The number of methoxy groups -OCH3 is 2. The van der Waals surface area contributed by atoms with Crippen LogP contribution in [0.2, 0.25) is 0 Å². The van der Waals surface area contributed by atoms with E-state index in [0.717, 1.165) is 0 Å². The van der Waals surface area contributed by atoms with Crippen LogP contribution in [0, 0.1) is 0 Å². The van der Waals surface area contributed by atoms with E-state index in [2.05, 4.69) is 9.73 Å². The van der Waals surface area contributed by atoms with Gasteiger partial charge in [0.1, 0.15) is 5.75 Å². The molecule has 1 aliphatic rings. The molecule has 0 bridgehead atoms. The minimum absolute atomic E-state index is 0.0177. The minimum atomic E-state index is -3.01. The van der Waals surface area contributed by atoms with E-state index in [4.69, 9.17) is 14.2 Å². The quantitative estimate of drug-likeness (QED) is 0.570. The smallest absolute Gasteiger partial charge is 0.387 e. The Bertz CT molecular complexity index is 924. The lowest BCUT2D eigenvalue weighted by Crippen LogP contribution is -2.10. The molecule has 0 fully saturated rings. The summed E-state index contributed by atoms with van der Waals surface area (Å²) in [6.45, 7) is -3.01. The Balaban J connectivity index is 1.94. The molecule has 6 nitrogen and oxygen atoms in total. The predicted molar refractivity (Wildman–Crippen MR) is 93.2 cm³/mol. The molecule has 0 atom stereocenters. The molecule has 27 heavy (non-hydrogen) atoms. The number of benzene rings is 2. The zero-order valence-corrected chi connectivity index (χ0v) is 14.4. The molecule has 1 heterocycles. The molecule has 0 aromatic heterocycles. The Morgan fingerprint density at radius 1 is 1.04 bits per heavy atom. The molecule has 0 N–H and O–H groups in total. The van der Waals surface area contributed by atoms with Crippen molar-refractivity contribution in [2.45, 2.75) is 6.61 Å². The number of esters is 1. The lowest BCUT2D eigenvalue weighted by molar-refractivity contribution is -0.129. The highest BCUT2D eigenvalue weighted by molar-refractivity contribution is 6.13. The standard InChI is InChI=1S/C19H15F2NO5/c1-24-15-8-7-11(10-16(15)25-2)9-13-18(23)27-17(22-13)12-5-3-4-6-14(12)26-19(20)21/h3-10,19H,1-2H3/b13-9+. The molecule has 1 aliphatic heterocycles. The van der Waals surface area contributed by atoms with Gasteiger partial charge in [0.2, 0.25) is 5.90 Å². The molecule has 0 saturated carbocycles. The SMILES string of the molecule is COc1ccc(/C=C2/N=C(c3ccccc3OC(F)F)OC2=O)cc1OC. The summed E-state index contributed by atoms with van der Waals surface area (Å²) in [5, 5.41) is 0. The van der Waals surface area contributed by atoms with Crippen molar-refractivity contribution in [3.8, 4) is 17.2 Å². The van der Waals surface area contributed by atoms with Crippen LogP contribution in [-0.4, -0.2) is 32.7 Å². The van der Waals surface area contributed by atoms with Crippen molar-refractivity contribution in [2.75, 3.05) is 14.2 Å². The fourth-order valence-corrected chi connectivity index (χ4v) is 2.47. The molecule has 2 aromatic carbocycles. The van der Waals surface area contributed by atoms with Crippen LogP contribution in [0.1, 0.15) is 11.1 Å². The number of halogens is 2. The Kier molecular flexibility index (Phi) is 5.35. The van der Waals surface area contributed by atoms with Gasteiger partial charge in [-0.25, -0.2) is 9.79 Å². The Labute approximate surface area is 153 Å². The summed E-state index contributed by atoms with van der Waals surface area (Å²) in [6, 6.07) is 11.0. The van der Waals surface area contributed by atoms with Crippen LogP contribution in [0.4, 0.5) is 8.78 Å². The number of alkyl halides is 2. The van der Waals surface area contributed by atoms with Gasteiger partial charge < -0.3 is 18.9 Å². The van der Waals surface area contributed by atoms with Gasteiger partial charge in [-0.3, -0.25) is 0 Å². The molecule has 140 valence electrons. The molecule has 3 rings (SSSR count). The highest BCUT2D eigenvalue weighted by Gasteiger charge is 2.27. The molecular weight excluding hydrogens is 360 g/mol. The van der Waals surface area contributed by atoms with E-state index in [1.165, 1.54) is 38.5 Å². The van der Waals surface area contributed by atoms with Gasteiger partial charge in [-0.05, 0) is 35.9 Å². The summed E-state index contributed by atoms with van der Waals surface area (Å²) < 4.78 is 45.1. The first kappa shape index (κ1) is 18.4. The van der Waals surface area contributed by atoms with Gasteiger partial charge in [-0.1, -0.05) is 18.2 Å². The number of ether oxygens (including phenoxy) is 4. The van der Waals surface area contributed by atoms with E-state index in [0.29, 0.717) is 17.1 Å². The second kappa shape index (κ2) is 7.86. The van der Waals surface area contributed by atoms with Crippen LogP contribution in [-0.2, 0) is 9.53 Å². The van der Waals surface area contributed by atoms with Gasteiger partial charge in [0.05, 0.1) is 19.8 Å². The van der Waals surface area contributed by atoms with Crippen molar-refractivity contribution in [1.29, 1.82) is 0 Å². The molecular formula is C19H15F2NO5. The van der Waals surface area contributed by atoms with E-state index in [-0.39, 0.29) is 22.9 Å². The van der Waals surface area contributed by atoms with Crippen molar-refractivity contribution in [3.05, 3.63) is 59.3 Å². The highest BCUT2D eigenvalue weighted by atomic mass is 19.3. The van der Waals surface area contributed by atoms with Gasteiger partial charge in [-0.15, -0.1) is 0 Å². The Morgan fingerprint density at radius 2 is 1.78 bits per heavy atom. The van der Waals surface area contributed by atoms with Crippen molar-refractivity contribution in [3.63, 3.8) is 0 Å². The van der Waals surface area contributed by atoms with E-state index in [9.17, 15) is 13.6 Å². The molecule has 0 spiro atoms. The number of para-hydroxylation sites is 1. The molecule has 0 saturated heterocycles. The second-order valence-electron chi connectivity index (χ2n) is 5.33.